The first-order valence-corrected chi connectivity index (χ1v) is 7.29. The third kappa shape index (κ3) is 10.8. The van der Waals surface area contributed by atoms with Crippen molar-refractivity contribution in [3.05, 3.63) is 0 Å². The third-order valence-electron chi connectivity index (χ3n) is 1.90. The average Bonchev–Trinajstić information content (AvgIpc) is 1.96. The van der Waals surface area contributed by atoms with E-state index in [4.69, 9.17) is 0 Å². The molecule has 0 fully saturated rings. The summed E-state index contributed by atoms with van der Waals surface area (Å²) >= 11 is 0. The number of amides is 1. The SMILES string of the molecule is CC(CC[S+](C)C)C(=O)NC(C)(C)C.[I-]. The van der Waals surface area contributed by atoms with Crippen LogP contribution in [0.25, 0.3) is 0 Å². The molecule has 0 saturated carbocycles. The zero-order chi connectivity index (χ0) is 11.4. The fourth-order valence-electron chi connectivity index (χ4n) is 1.04. The van der Waals surface area contributed by atoms with E-state index in [0.717, 1.165) is 12.2 Å². The van der Waals surface area contributed by atoms with Crippen LogP contribution in [0.2, 0.25) is 0 Å². The second kappa shape index (κ2) is 7.76. The molecule has 0 aliphatic heterocycles. The van der Waals surface area contributed by atoms with Crippen LogP contribution in [0.3, 0.4) is 0 Å². The summed E-state index contributed by atoms with van der Waals surface area (Å²) in [5.41, 5.74) is -0.106. The van der Waals surface area contributed by atoms with E-state index >= 15 is 0 Å². The van der Waals surface area contributed by atoms with Crippen molar-refractivity contribution in [2.45, 2.75) is 39.7 Å². The molecule has 92 valence electrons. The maximum absolute atomic E-state index is 11.7. The lowest BCUT2D eigenvalue weighted by Crippen LogP contribution is -3.00. The lowest BCUT2D eigenvalue weighted by molar-refractivity contribution is -0.125. The van der Waals surface area contributed by atoms with Gasteiger partial charge in [-0.3, -0.25) is 4.79 Å². The van der Waals surface area contributed by atoms with Gasteiger partial charge in [0.1, 0.15) is 5.75 Å². The number of hydrogen-bond donors (Lipinski definition) is 1. The lowest BCUT2D eigenvalue weighted by Gasteiger charge is -2.22. The van der Waals surface area contributed by atoms with E-state index < -0.39 is 0 Å². The molecular weight excluding hydrogens is 321 g/mol. The van der Waals surface area contributed by atoms with E-state index in [1.807, 2.05) is 27.7 Å². The van der Waals surface area contributed by atoms with Gasteiger partial charge in [0, 0.05) is 17.9 Å². The molecule has 0 heterocycles. The van der Waals surface area contributed by atoms with Gasteiger partial charge in [-0.2, -0.15) is 0 Å². The van der Waals surface area contributed by atoms with Crippen LogP contribution in [0.1, 0.15) is 34.1 Å². The molecule has 0 bridgehead atoms. The van der Waals surface area contributed by atoms with Crippen LogP contribution in [0, 0.1) is 5.92 Å². The lowest BCUT2D eigenvalue weighted by atomic mass is 10.0. The van der Waals surface area contributed by atoms with E-state index in [1.165, 1.54) is 0 Å². The summed E-state index contributed by atoms with van der Waals surface area (Å²) in [6, 6.07) is 0. The number of rotatable bonds is 4. The van der Waals surface area contributed by atoms with E-state index in [2.05, 4.69) is 17.8 Å². The first-order valence-electron chi connectivity index (χ1n) is 5.08. The number of carbonyl (C=O) groups excluding carboxylic acids is 1. The maximum Gasteiger partial charge on any atom is 0.223 e. The predicted molar refractivity (Wildman–Crippen MR) is 65.8 cm³/mol. The van der Waals surface area contributed by atoms with Gasteiger partial charge in [0.05, 0.1) is 12.5 Å². The molecule has 0 spiro atoms. The summed E-state index contributed by atoms with van der Waals surface area (Å²) in [4.78, 5) is 11.7. The second-order valence-electron chi connectivity index (χ2n) is 5.12. The Morgan fingerprint density at radius 3 is 2.13 bits per heavy atom. The van der Waals surface area contributed by atoms with Crippen LogP contribution >= 0.6 is 0 Å². The third-order valence-corrected chi connectivity index (χ3v) is 2.96. The molecule has 0 radical (unpaired) electrons. The molecule has 0 rings (SSSR count). The molecule has 2 nitrogen and oxygen atoms in total. The number of hydrogen-bond acceptors (Lipinski definition) is 1. The predicted octanol–water partition coefficient (Wildman–Crippen LogP) is -1.19. The molecule has 15 heavy (non-hydrogen) atoms. The summed E-state index contributed by atoms with van der Waals surface area (Å²) in [6.07, 6.45) is 5.43. The monoisotopic (exact) mass is 345 g/mol. The molecule has 4 heteroatoms. The van der Waals surface area contributed by atoms with Gasteiger partial charge in [0.2, 0.25) is 5.91 Å². The van der Waals surface area contributed by atoms with Crippen LogP contribution in [0.15, 0.2) is 0 Å². The molecule has 0 aromatic carbocycles. The van der Waals surface area contributed by atoms with Crippen molar-refractivity contribution in [3.63, 3.8) is 0 Å². The molecule has 0 aromatic heterocycles. The highest BCUT2D eigenvalue weighted by molar-refractivity contribution is 7.95. The summed E-state index contributed by atoms with van der Waals surface area (Å²) < 4.78 is 0. The smallest absolute Gasteiger partial charge is 0.223 e. The minimum atomic E-state index is -0.106. The van der Waals surface area contributed by atoms with E-state index in [1.54, 1.807) is 0 Å². The van der Waals surface area contributed by atoms with Crippen molar-refractivity contribution in [1.82, 2.24) is 5.32 Å². The molecule has 1 amide bonds. The fourth-order valence-corrected chi connectivity index (χ4v) is 1.86. The van der Waals surface area contributed by atoms with E-state index in [0.29, 0.717) is 10.9 Å². The van der Waals surface area contributed by atoms with Crippen LogP contribution in [0.4, 0.5) is 0 Å². The summed E-state index contributed by atoms with van der Waals surface area (Å²) in [7, 11) is 0.444. The van der Waals surface area contributed by atoms with Gasteiger partial charge in [-0.25, -0.2) is 0 Å². The topological polar surface area (TPSA) is 29.1 Å². The molecule has 1 atom stereocenters. The maximum atomic E-state index is 11.7. The quantitative estimate of drug-likeness (QED) is 0.504. The highest BCUT2D eigenvalue weighted by Gasteiger charge is 2.20. The summed E-state index contributed by atoms with van der Waals surface area (Å²) in [6.45, 7) is 8.05. The van der Waals surface area contributed by atoms with Crippen LogP contribution in [-0.2, 0) is 15.7 Å². The van der Waals surface area contributed by atoms with Gasteiger partial charge in [0.25, 0.3) is 0 Å². The Labute approximate surface area is 114 Å². The number of halogens is 1. The van der Waals surface area contributed by atoms with Crippen molar-refractivity contribution in [2.24, 2.45) is 5.92 Å². The average molecular weight is 345 g/mol. The highest BCUT2D eigenvalue weighted by Crippen LogP contribution is 2.07. The molecule has 0 aromatic rings. The summed E-state index contributed by atoms with van der Waals surface area (Å²) in [5, 5.41) is 3.01. The van der Waals surface area contributed by atoms with Gasteiger partial charge in [-0.1, -0.05) is 6.92 Å². The zero-order valence-electron chi connectivity index (χ0n) is 10.7. The first kappa shape index (κ1) is 17.9. The van der Waals surface area contributed by atoms with E-state index in [9.17, 15) is 4.79 Å². The Kier molecular flexibility index (Phi) is 9.28. The largest absolute Gasteiger partial charge is 1.00 e. The molecule has 0 saturated heterocycles. The Bertz CT molecular complexity index is 190. The number of carbonyl (C=O) groups is 1. The van der Waals surface area contributed by atoms with Gasteiger partial charge < -0.3 is 29.3 Å². The summed E-state index contributed by atoms with van der Waals surface area (Å²) in [5.74, 6) is 1.48. The Hall–Kier alpha value is 0.550. The zero-order valence-corrected chi connectivity index (χ0v) is 13.7. The van der Waals surface area contributed by atoms with Crippen LogP contribution < -0.4 is 29.3 Å². The highest BCUT2D eigenvalue weighted by atomic mass is 127. The van der Waals surface area contributed by atoms with Gasteiger partial charge in [0.15, 0.2) is 0 Å². The Morgan fingerprint density at radius 1 is 1.33 bits per heavy atom. The Balaban J connectivity index is 0. The van der Waals surface area contributed by atoms with Crippen molar-refractivity contribution in [2.75, 3.05) is 18.3 Å². The van der Waals surface area contributed by atoms with Crippen molar-refractivity contribution < 1.29 is 28.8 Å². The van der Waals surface area contributed by atoms with Gasteiger partial charge in [-0.15, -0.1) is 0 Å². The minimum Gasteiger partial charge on any atom is -1.00 e. The molecule has 0 aliphatic carbocycles. The van der Waals surface area contributed by atoms with Crippen molar-refractivity contribution >= 4 is 16.8 Å². The van der Waals surface area contributed by atoms with Gasteiger partial charge >= 0.3 is 0 Å². The molecule has 1 N–H and O–H groups in total. The van der Waals surface area contributed by atoms with Crippen molar-refractivity contribution in [1.29, 1.82) is 0 Å². The molecule has 1 unspecified atom stereocenters. The van der Waals surface area contributed by atoms with Gasteiger partial charge in [-0.05, 0) is 31.7 Å². The first-order chi connectivity index (χ1) is 6.22. The molecule has 0 aliphatic rings. The fraction of sp³-hybridized carbons (Fsp3) is 0.909. The minimum absolute atomic E-state index is 0. The Morgan fingerprint density at radius 2 is 1.80 bits per heavy atom. The van der Waals surface area contributed by atoms with E-state index in [-0.39, 0.29) is 41.3 Å². The standard InChI is InChI=1S/C11H23NOS.HI/c1-9(7-8-14(5)6)10(13)12-11(2,3)4;/h9H,7-8H2,1-6H3;1H. The molecular formula is C11H24INOS. The van der Waals surface area contributed by atoms with Crippen LogP contribution in [0.5, 0.6) is 0 Å². The normalized spacial score (nSPS) is 13.3. The van der Waals surface area contributed by atoms with Crippen LogP contribution in [-0.4, -0.2) is 29.7 Å². The van der Waals surface area contributed by atoms with Crippen molar-refractivity contribution in [3.8, 4) is 0 Å². The second-order valence-corrected chi connectivity index (χ2v) is 7.50. The number of nitrogens with one attached hydrogen (secondary N) is 1.